The number of fused-ring (bicyclic) bond motifs is 1. The van der Waals surface area contributed by atoms with Crippen molar-refractivity contribution in [2.75, 3.05) is 0 Å². The third-order valence-corrected chi connectivity index (χ3v) is 4.55. The molecule has 1 amide bonds. The Labute approximate surface area is 145 Å². The van der Waals surface area contributed by atoms with Gasteiger partial charge in [-0.2, -0.15) is 0 Å². The fourth-order valence-corrected chi connectivity index (χ4v) is 3.22. The van der Waals surface area contributed by atoms with E-state index in [2.05, 4.69) is 17.4 Å². The van der Waals surface area contributed by atoms with E-state index in [1.807, 2.05) is 12.1 Å². The van der Waals surface area contributed by atoms with Gasteiger partial charge in [-0.05, 0) is 55.5 Å². The van der Waals surface area contributed by atoms with Gasteiger partial charge in [0.25, 0.3) is 5.91 Å². The molecule has 0 saturated heterocycles. The first kappa shape index (κ1) is 16.8. The Morgan fingerprint density at radius 1 is 1.33 bits per heavy atom. The second kappa shape index (κ2) is 7.22. The minimum atomic E-state index is -0.720. The van der Waals surface area contributed by atoms with E-state index in [9.17, 15) is 9.18 Å². The molecule has 0 heterocycles. The van der Waals surface area contributed by atoms with E-state index in [-0.39, 0.29) is 17.0 Å². The summed E-state index contributed by atoms with van der Waals surface area (Å²) in [5.41, 5.74) is 2.45. The highest BCUT2D eigenvalue weighted by atomic mass is 35.5. The van der Waals surface area contributed by atoms with Crippen molar-refractivity contribution in [3.8, 4) is 5.75 Å². The van der Waals surface area contributed by atoms with Crippen LogP contribution >= 0.6 is 11.6 Å². The number of aryl methyl sites for hydroxylation is 1. The smallest absolute Gasteiger partial charge is 0.261 e. The maximum Gasteiger partial charge on any atom is 0.261 e. The molecule has 1 N–H and O–H groups in total. The van der Waals surface area contributed by atoms with E-state index >= 15 is 0 Å². The molecule has 3 nitrogen and oxygen atoms in total. The van der Waals surface area contributed by atoms with Crippen molar-refractivity contribution in [3.63, 3.8) is 0 Å². The topological polar surface area (TPSA) is 38.3 Å². The number of hydrogen-bond donors (Lipinski definition) is 1. The molecule has 1 aliphatic rings. The first-order valence-electron chi connectivity index (χ1n) is 8.04. The number of amides is 1. The lowest BCUT2D eigenvalue weighted by Crippen LogP contribution is -2.39. The predicted octanol–water partition coefficient (Wildman–Crippen LogP) is 4.44. The van der Waals surface area contributed by atoms with Gasteiger partial charge < -0.3 is 10.1 Å². The van der Waals surface area contributed by atoms with Gasteiger partial charge in [0.2, 0.25) is 0 Å². The van der Waals surface area contributed by atoms with Crippen LogP contribution in [0.25, 0.3) is 0 Å². The van der Waals surface area contributed by atoms with Gasteiger partial charge >= 0.3 is 0 Å². The number of halogens is 2. The fourth-order valence-electron chi connectivity index (χ4n) is 3.01. The van der Waals surface area contributed by atoms with E-state index in [0.717, 1.165) is 19.3 Å². The molecule has 2 aromatic rings. The van der Waals surface area contributed by atoms with Crippen molar-refractivity contribution in [2.24, 2.45) is 0 Å². The summed E-state index contributed by atoms with van der Waals surface area (Å²) in [4.78, 5) is 12.5. The van der Waals surface area contributed by atoms with E-state index in [4.69, 9.17) is 16.3 Å². The molecule has 0 aliphatic heterocycles. The van der Waals surface area contributed by atoms with Crippen LogP contribution < -0.4 is 10.1 Å². The Balaban J connectivity index is 1.67. The predicted molar refractivity (Wildman–Crippen MR) is 91.8 cm³/mol. The van der Waals surface area contributed by atoms with Gasteiger partial charge in [-0.3, -0.25) is 4.79 Å². The number of carbonyl (C=O) groups is 1. The van der Waals surface area contributed by atoms with Gasteiger partial charge in [0.1, 0.15) is 11.6 Å². The second-order valence-corrected chi connectivity index (χ2v) is 6.39. The van der Waals surface area contributed by atoms with E-state index in [0.29, 0.717) is 5.75 Å². The van der Waals surface area contributed by atoms with Gasteiger partial charge in [-0.25, -0.2) is 4.39 Å². The Morgan fingerprint density at radius 3 is 2.92 bits per heavy atom. The first-order chi connectivity index (χ1) is 11.5. The monoisotopic (exact) mass is 347 g/mol. The van der Waals surface area contributed by atoms with Crippen molar-refractivity contribution < 1.29 is 13.9 Å². The van der Waals surface area contributed by atoms with Gasteiger partial charge in [0.15, 0.2) is 6.10 Å². The van der Waals surface area contributed by atoms with Crippen molar-refractivity contribution in [3.05, 3.63) is 64.4 Å². The summed E-state index contributed by atoms with van der Waals surface area (Å²) in [5, 5.41) is 3.20. The van der Waals surface area contributed by atoms with Gasteiger partial charge in [-0.15, -0.1) is 0 Å². The van der Waals surface area contributed by atoms with Crippen LogP contribution in [0.5, 0.6) is 5.75 Å². The first-order valence-corrected chi connectivity index (χ1v) is 8.42. The Morgan fingerprint density at radius 2 is 2.12 bits per heavy atom. The lowest BCUT2D eigenvalue weighted by Gasteiger charge is -2.27. The van der Waals surface area contributed by atoms with Crippen molar-refractivity contribution in [1.29, 1.82) is 0 Å². The molecule has 126 valence electrons. The van der Waals surface area contributed by atoms with E-state index in [1.54, 1.807) is 6.92 Å². The molecule has 0 aromatic heterocycles. The summed E-state index contributed by atoms with van der Waals surface area (Å²) in [6, 6.07) is 12.0. The second-order valence-electron chi connectivity index (χ2n) is 5.99. The Hall–Kier alpha value is -2.07. The lowest BCUT2D eigenvalue weighted by atomic mass is 9.87. The zero-order valence-corrected chi connectivity index (χ0v) is 14.1. The summed E-state index contributed by atoms with van der Waals surface area (Å²) < 4.78 is 18.7. The van der Waals surface area contributed by atoms with Crippen LogP contribution in [0.2, 0.25) is 5.02 Å². The number of rotatable bonds is 4. The number of ether oxygens (including phenoxy) is 1. The highest BCUT2D eigenvalue weighted by molar-refractivity contribution is 6.32. The lowest BCUT2D eigenvalue weighted by molar-refractivity contribution is -0.128. The number of benzene rings is 2. The maximum absolute atomic E-state index is 13.1. The SMILES string of the molecule is CC(Oc1ccc(F)cc1Cl)C(=O)NC1CCCc2ccccc21. The van der Waals surface area contributed by atoms with Gasteiger partial charge in [0.05, 0.1) is 11.1 Å². The molecule has 24 heavy (non-hydrogen) atoms. The largest absolute Gasteiger partial charge is 0.479 e. The van der Waals surface area contributed by atoms with Gasteiger partial charge in [0, 0.05) is 0 Å². The molecule has 2 unspecified atom stereocenters. The molecule has 2 aromatic carbocycles. The van der Waals surface area contributed by atoms with Crippen LogP contribution in [0.1, 0.15) is 36.9 Å². The highest BCUT2D eigenvalue weighted by Gasteiger charge is 2.24. The van der Waals surface area contributed by atoms with E-state index in [1.165, 1.54) is 29.3 Å². The molecule has 0 saturated carbocycles. The number of nitrogens with one attached hydrogen (secondary N) is 1. The van der Waals surface area contributed by atoms with Crippen molar-refractivity contribution in [1.82, 2.24) is 5.32 Å². The number of carbonyl (C=O) groups excluding carboxylic acids is 1. The van der Waals surface area contributed by atoms with Gasteiger partial charge in [-0.1, -0.05) is 35.9 Å². The van der Waals surface area contributed by atoms with Crippen LogP contribution in [0.4, 0.5) is 4.39 Å². The van der Waals surface area contributed by atoms with Crippen LogP contribution in [0.3, 0.4) is 0 Å². The average Bonchev–Trinajstić information content (AvgIpc) is 2.57. The summed E-state index contributed by atoms with van der Waals surface area (Å²) >= 11 is 5.94. The minimum absolute atomic E-state index is 0.00260. The molecule has 0 bridgehead atoms. The molecule has 0 spiro atoms. The number of hydrogen-bond acceptors (Lipinski definition) is 2. The molecule has 1 aliphatic carbocycles. The molecule has 3 rings (SSSR count). The zero-order chi connectivity index (χ0) is 17.1. The third kappa shape index (κ3) is 3.70. The molecule has 5 heteroatoms. The normalized spacial score (nSPS) is 17.7. The molecular formula is C19H19ClFNO2. The molecule has 2 atom stereocenters. The maximum atomic E-state index is 13.1. The summed E-state index contributed by atoms with van der Waals surface area (Å²) in [6.07, 6.45) is 2.27. The molecule has 0 radical (unpaired) electrons. The van der Waals surface area contributed by atoms with E-state index < -0.39 is 11.9 Å². The summed E-state index contributed by atoms with van der Waals surface area (Å²) in [7, 11) is 0. The highest BCUT2D eigenvalue weighted by Crippen LogP contribution is 2.30. The van der Waals surface area contributed by atoms with Crippen LogP contribution in [-0.2, 0) is 11.2 Å². The summed E-state index contributed by atoms with van der Waals surface area (Å²) in [5.74, 6) is -0.356. The average molecular weight is 348 g/mol. The van der Waals surface area contributed by atoms with Crippen molar-refractivity contribution in [2.45, 2.75) is 38.3 Å². The Kier molecular flexibility index (Phi) is 5.05. The Bertz CT molecular complexity index is 750. The summed E-state index contributed by atoms with van der Waals surface area (Å²) in [6.45, 7) is 1.66. The fraction of sp³-hybridized carbons (Fsp3) is 0.316. The van der Waals surface area contributed by atoms with Crippen LogP contribution in [0, 0.1) is 5.82 Å². The standard InChI is InChI=1S/C19H19ClFNO2/c1-12(24-18-10-9-14(21)11-16(18)20)19(23)22-17-8-4-6-13-5-2-3-7-15(13)17/h2-3,5,7,9-12,17H,4,6,8H2,1H3,(H,22,23). The zero-order valence-electron chi connectivity index (χ0n) is 13.4. The molecular weight excluding hydrogens is 329 g/mol. The van der Waals surface area contributed by atoms with Crippen molar-refractivity contribution >= 4 is 17.5 Å². The minimum Gasteiger partial charge on any atom is -0.479 e. The quantitative estimate of drug-likeness (QED) is 0.888. The molecule has 0 fully saturated rings. The van der Waals surface area contributed by atoms with Crippen LogP contribution in [0.15, 0.2) is 42.5 Å². The van der Waals surface area contributed by atoms with Crippen LogP contribution in [-0.4, -0.2) is 12.0 Å². The third-order valence-electron chi connectivity index (χ3n) is 4.25.